The standard InChI is InChI=1S/C17H20ClNO/c18-13-7-8-14-15(11-19-16(14)10-13)17(20)9-12-5-3-1-2-4-6-12/h7-8,10-12,19H,1-6,9H2. The van der Waals surface area contributed by atoms with Gasteiger partial charge in [-0.15, -0.1) is 0 Å². The molecule has 0 aliphatic heterocycles. The van der Waals surface area contributed by atoms with Crippen molar-refractivity contribution in [3.8, 4) is 0 Å². The van der Waals surface area contributed by atoms with Crippen molar-refractivity contribution < 1.29 is 4.79 Å². The van der Waals surface area contributed by atoms with Crippen LogP contribution in [-0.4, -0.2) is 10.8 Å². The molecular weight excluding hydrogens is 270 g/mol. The Morgan fingerprint density at radius 1 is 1.20 bits per heavy atom. The van der Waals surface area contributed by atoms with Crippen LogP contribution in [0.5, 0.6) is 0 Å². The molecule has 3 rings (SSSR count). The lowest BCUT2D eigenvalue weighted by molar-refractivity contribution is 0.0958. The lowest BCUT2D eigenvalue weighted by atomic mass is 9.92. The van der Waals surface area contributed by atoms with E-state index in [9.17, 15) is 4.79 Å². The van der Waals surface area contributed by atoms with E-state index in [0.29, 0.717) is 17.4 Å². The highest BCUT2D eigenvalue weighted by Crippen LogP contribution is 2.29. The molecule has 0 amide bonds. The van der Waals surface area contributed by atoms with Crippen LogP contribution in [0.15, 0.2) is 24.4 Å². The summed E-state index contributed by atoms with van der Waals surface area (Å²) in [5.74, 6) is 0.840. The van der Waals surface area contributed by atoms with Gasteiger partial charge in [-0.05, 0) is 18.1 Å². The number of carbonyl (C=O) groups is 1. The molecule has 0 atom stereocenters. The van der Waals surface area contributed by atoms with E-state index < -0.39 is 0 Å². The molecule has 1 N–H and O–H groups in total. The van der Waals surface area contributed by atoms with E-state index in [1.807, 2.05) is 24.4 Å². The smallest absolute Gasteiger partial charge is 0.165 e. The number of H-pyrrole nitrogens is 1. The van der Waals surface area contributed by atoms with Crippen molar-refractivity contribution in [2.75, 3.05) is 0 Å². The number of hydrogen-bond donors (Lipinski definition) is 1. The van der Waals surface area contributed by atoms with Crippen LogP contribution >= 0.6 is 11.6 Å². The number of fused-ring (bicyclic) bond motifs is 1. The van der Waals surface area contributed by atoms with Gasteiger partial charge in [-0.2, -0.15) is 0 Å². The molecule has 0 spiro atoms. The molecule has 2 nitrogen and oxygen atoms in total. The zero-order chi connectivity index (χ0) is 13.9. The molecule has 0 unspecified atom stereocenters. The number of Topliss-reactive ketones (excluding diaryl/α,β-unsaturated/α-hetero) is 1. The lowest BCUT2D eigenvalue weighted by Gasteiger charge is -2.12. The second kappa shape index (κ2) is 6.01. The van der Waals surface area contributed by atoms with Crippen molar-refractivity contribution in [3.63, 3.8) is 0 Å². The van der Waals surface area contributed by atoms with Gasteiger partial charge in [0.25, 0.3) is 0 Å². The van der Waals surface area contributed by atoms with E-state index in [2.05, 4.69) is 4.98 Å². The topological polar surface area (TPSA) is 32.9 Å². The summed E-state index contributed by atoms with van der Waals surface area (Å²) in [6.07, 6.45) is 10.2. The van der Waals surface area contributed by atoms with Crippen molar-refractivity contribution in [2.45, 2.75) is 44.9 Å². The third-order valence-electron chi connectivity index (χ3n) is 4.39. The average molecular weight is 290 g/mol. The van der Waals surface area contributed by atoms with Crippen LogP contribution in [0.25, 0.3) is 10.9 Å². The van der Waals surface area contributed by atoms with Gasteiger partial charge in [-0.1, -0.05) is 56.2 Å². The predicted molar refractivity (Wildman–Crippen MR) is 83.4 cm³/mol. The third kappa shape index (κ3) is 2.90. The Balaban J connectivity index is 1.78. The summed E-state index contributed by atoms with van der Waals surface area (Å²) in [5, 5.41) is 1.69. The molecule has 1 heterocycles. The van der Waals surface area contributed by atoms with Gasteiger partial charge in [0.15, 0.2) is 5.78 Å². The Morgan fingerprint density at radius 2 is 1.95 bits per heavy atom. The first-order valence-electron chi connectivity index (χ1n) is 7.54. The van der Waals surface area contributed by atoms with Crippen LogP contribution in [0.3, 0.4) is 0 Å². The van der Waals surface area contributed by atoms with Crippen LogP contribution in [0, 0.1) is 5.92 Å². The molecule has 106 valence electrons. The van der Waals surface area contributed by atoms with Crippen molar-refractivity contribution >= 4 is 28.3 Å². The van der Waals surface area contributed by atoms with Crippen LogP contribution in [-0.2, 0) is 0 Å². The summed E-state index contributed by atoms with van der Waals surface area (Å²) >= 11 is 5.98. The van der Waals surface area contributed by atoms with Gasteiger partial charge in [-0.25, -0.2) is 0 Å². The minimum absolute atomic E-state index is 0.269. The van der Waals surface area contributed by atoms with E-state index in [0.717, 1.165) is 16.5 Å². The summed E-state index contributed by atoms with van der Waals surface area (Å²) in [5.41, 5.74) is 1.77. The molecule has 3 heteroatoms. The fraction of sp³-hybridized carbons (Fsp3) is 0.471. The van der Waals surface area contributed by atoms with Gasteiger partial charge in [0.1, 0.15) is 0 Å². The Bertz CT molecular complexity index is 608. The number of nitrogens with one attached hydrogen (secondary N) is 1. The van der Waals surface area contributed by atoms with Gasteiger partial charge in [0, 0.05) is 34.1 Å². The van der Waals surface area contributed by atoms with Crippen molar-refractivity contribution in [1.29, 1.82) is 0 Å². The summed E-state index contributed by atoms with van der Waals surface area (Å²) in [6, 6.07) is 5.66. The maximum absolute atomic E-state index is 12.5. The van der Waals surface area contributed by atoms with E-state index in [1.54, 1.807) is 0 Å². The van der Waals surface area contributed by atoms with Crippen LogP contribution < -0.4 is 0 Å². The van der Waals surface area contributed by atoms with E-state index in [1.165, 1.54) is 38.5 Å². The second-order valence-electron chi connectivity index (χ2n) is 5.88. The number of halogens is 1. The molecule has 1 aromatic heterocycles. The van der Waals surface area contributed by atoms with Crippen LogP contribution in [0.1, 0.15) is 55.3 Å². The maximum atomic E-state index is 12.5. The Morgan fingerprint density at radius 3 is 2.70 bits per heavy atom. The van der Waals surface area contributed by atoms with Crippen LogP contribution in [0.2, 0.25) is 5.02 Å². The Labute approximate surface area is 124 Å². The number of hydrogen-bond acceptors (Lipinski definition) is 1. The van der Waals surface area contributed by atoms with Gasteiger partial charge in [0.05, 0.1) is 0 Å². The van der Waals surface area contributed by atoms with Crippen LogP contribution in [0.4, 0.5) is 0 Å². The zero-order valence-electron chi connectivity index (χ0n) is 11.6. The fourth-order valence-corrected chi connectivity index (χ4v) is 3.44. The minimum Gasteiger partial charge on any atom is -0.360 e. The van der Waals surface area contributed by atoms with Gasteiger partial charge in [0.2, 0.25) is 0 Å². The molecule has 1 fully saturated rings. The highest BCUT2D eigenvalue weighted by molar-refractivity contribution is 6.31. The summed E-state index contributed by atoms with van der Waals surface area (Å²) < 4.78 is 0. The number of ketones is 1. The van der Waals surface area contributed by atoms with Gasteiger partial charge in [-0.3, -0.25) is 4.79 Å². The number of aromatic nitrogens is 1. The third-order valence-corrected chi connectivity index (χ3v) is 4.63. The quantitative estimate of drug-likeness (QED) is 0.598. The number of aromatic amines is 1. The van der Waals surface area contributed by atoms with E-state index >= 15 is 0 Å². The SMILES string of the molecule is O=C(CC1CCCCCC1)c1c[nH]c2cc(Cl)ccc12. The Kier molecular flexibility index (Phi) is 4.11. The van der Waals surface area contributed by atoms with Gasteiger partial charge < -0.3 is 4.98 Å². The predicted octanol–water partition coefficient (Wildman–Crippen LogP) is 5.36. The van der Waals surface area contributed by atoms with E-state index in [-0.39, 0.29) is 5.78 Å². The molecule has 20 heavy (non-hydrogen) atoms. The van der Waals surface area contributed by atoms with Gasteiger partial charge >= 0.3 is 0 Å². The maximum Gasteiger partial charge on any atom is 0.165 e. The van der Waals surface area contributed by atoms with Crippen molar-refractivity contribution in [1.82, 2.24) is 4.98 Å². The molecule has 2 aromatic rings. The second-order valence-corrected chi connectivity index (χ2v) is 6.31. The first-order chi connectivity index (χ1) is 9.74. The number of carbonyl (C=O) groups excluding carboxylic acids is 1. The monoisotopic (exact) mass is 289 g/mol. The molecule has 0 radical (unpaired) electrons. The van der Waals surface area contributed by atoms with E-state index in [4.69, 9.17) is 11.6 Å². The van der Waals surface area contributed by atoms with Crippen molar-refractivity contribution in [2.24, 2.45) is 5.92 Å². The average Bonchev–Trinajstić information content (AvgIpc) is 2.67. The Hall–Kier alpha value is -1.28. The molecule has 1 saturated carbocycles. The molecule has 0 bridgehead atoms. The normalized spacial score (nSPS) is 17.2. The highest BCUT2D eigenvalue weighted by Gasteiger charge is 2.19. The summed E-state index contributed by atoms with van der Waals surface area (Å²) in [4.78, 5) is 15.7. The molecule has 1 aliphatic carbocycles. The minimum atomic E-state index is 0.269. The summed E-state index contributed by atoms with van der Waals surface area (Å²) in [6.45, 7) is 0. The largest absolute Gasteiger partial charge is 0.360 e. The molecular formula is C17H20ClNO. The number of benzene rings is 1. The first kappa shape index (κ1) is 13.7. The van der Waals surface area contributed by atoms with Crippen molar-refractivity contribution in [3.05, 3.63) is 35.0 Å². The summed E-state index contributed by atoms with van der Waals surface area (Å²) in [7, 11) is 0. The molecule has 0 saturated heterocycles. The highest BCUT2D eigenvalue weighted by atomic mass is 35.5. The number of rotatable bonds is 3. The fourth-order valence-electron chi connectivity index (χ4n) is 3.27. The molecule has 1 aliphatic rings. The zero-order valence-corrected chi connectivity index (χ0v) is 12.4. The molecule has 1 aromatic carbocycles. The first-order valence-corrected chi connectivity index (χ1v) is 7.91. The lowest BCUT2D eigenvalue weighted by Crippen LogP contribution is -2.08.